The zero-order chi connectivity index (χ0) is 14.8. The number of halogens is 1. The van der Waals surface area contributed by atoms with Crippen LogP contribution < -0.4 is 5.73 Å². The second kappa shape index (κ2) is 7.20. The first-order chi connectivity index (χ1) is 9.38. The molecule has 1 atom stereocenters. The van der Waals surface area contributed by atoms with Crippen LogP contribution in [0.3, 0.4) is 0 Å². The number of benzene rings is 1. The lowest BCUT2D eigenvalue weighted by Crippen LogP contribution is -2.52. The van der Waals surface area contributed by atoms with Crippen molar-refractivity contribution in [2.75, 3.05) is 19.6 Å². The molecule has 2 rings (SSSR count). The molecular weight excluding hydrogens is 290 g/mol. The fourth-order valence-corrected chi connectivity index (χ4v) is 2.75. The monoisotopic (exact) mass is 313 g/mol. The van der Waals surface area contributed by atoms with Crippen LogP contribution in [-0.2, 0) is 6.42 Å². The zero-order valence-corrected chi connectivity index (χ0v) is 13.4. The summed E-state index contributed by atoms with van der Waals surface area (Å²) in [6.07, 6.45) is 1.95. The van der Waals surface area contributed by atoms with Crippen molar-refractivity contribution in [3.05, 3.63) is 39.9 Å². The summed E-state index contributed by atoms with van der Waals surface area (Å²) < 4.78 is 0. The molecule has 0 radical (unpaired) electrons. The first-order valence-electron chi connectivity index (χ1n) is 7.10. The molecule has 21 heavy (non-hydrogen) atoms. The summed E-state index contributed by atoms with van der Waals surface area (Å²) in [6.45, 7) is 7.47. The number of piperidine rings is 1. The van der Waals surface area contributed by atoms with E-state index < -0.39 is 0 Å². The molecule has 6 heteroatoms. The van der Waals surface area contributed by atoms with Crippen LogP contribution in [0.4, 0.5) is 5.69 Å². The van der Waals surface area contributed by atoms with E-state index in [-0.39, 0.29) is 34.5 Å². The number of non-ortho nitro benzene ring substituents is 1. The van der Waals surface area contributed by atoms with Gasteiger partial charge >= 0.3 is 0 Å². The number of hydrogen-bond donors (Lipinski definition) is 1. The standard InChI is InChI=1S/C15H23N3O2.ClH/c1-15(2)11-17(10-8-14(15)16)9-7-12-3-5-13(6-4-12)18(19)20;/h3-6,14H,7-11,16H2,1-2H3;1H. The van der Waals surface area contributed by atoms with Crippen molar-refractivity contribution in [1.82, 2.24) is 4.90 Å². The summed E-state index contributed by atoms with van der Waals surface area (Å²) in [6, 6.07) is 7.12. The van der Waals surface area contributed by atoms with Gasteiger partial charge in [-0.15, -0.1) is 12.4 Å². The smallest absolute Gasteiger partial charge is 0.269 e. The van der Waals surface area contributed by atoms with E-state index in [1.807, 2.05) is 12.1 Å². The van der Waals surface area contributed by atoms with Crippen LogP contribution in [0.25, 0.3) is 0 Å². The van der Waals surface area contributed by atoms with E-state index in [1.54, 1.807) is 12.1 Å². The van der Waals surface area contributed by atoms with Crippen LogP contribution in [-0.4, -0.2) is 35.5 Å². The van der Waals surface area contributed by atoms with Crippen molar-refractivity contribution in [3.63, 3.8) is 0 Å². The number of nitro groups is 1. The van der Waals surface area contributed by atoms with E-state index in [4.69, 9.17) is 5.73 Å². The van der Waals surface area contributed by atoms with Gasteiger partial charge in [-0.25, -0.2) is 0 Å². The molecule has 5 nitrogen and oxygen atoms in total. The van der Waals surface area contributed by atoms with Gasteiger partial charge in [0.2, 0.25) is 0 Å². The molecule has 0 bridgehead atoms. The highest BCUT2D eigenvalue weighted by molar-refractivity contribution is 5.85. The second-order valence-electron chi connectivity index (χ2n) is 6.33. The SMILES string of the molecule is CC1(C)CN(CCc2ccc([N+](=O)[O-])cc2)CCC1N.Cl. The third kappa shape index (κ3) is 4.66. The van der Waals surface area contributed by atoms with E-state index in [0.717, 1.165) is 38.0 Å². The van der Waals surface area contributed by atoms with Gasteiger partial charge in [0.15, 0.2) is 0 Å². The predicted octanol–water partition coefficient (Wildman–Crippen LogP) is 2.62. The lowest BCUT2D eigenvalue weighted by atomic mass is 9.79. The molecule has 1 aliphatic heterocycles. The molecule has 1 aliphatic rings. The van der Waals surface area contributed by atoms with E-state index in [2.05, 4.69) is 18.7 Å². The molecule has 1 aromatic rings. The Balaban J connectivity index is 0.00000220. The first-order valence-corrected chi connectivity index (χ1v) is 7.10. The van der Waals surface area contributed by atoms with Gasteiger partial charge in [-0.1, -0.05) is 26.0 Å². The summed E-state index contributed by atoms with van der Waals surface area (Å²) in [5, 5.41) is 10.6. The minimum absolute atomic E-state index is 0. The Morgan fingerprint density at radius 3 is 2.52 bits per heavy atom. The van der Waals surface area contributed by atoms with Gasteiger partial charge in [-0.2, -0.15) is 0 Å². The maximum atomic E-state index is 10.6. The Kier molecular flexibility index (Phi) is 6.13. The lowest BCUT2D eigenvalue weighted by Gasteiger charge is -2.42. The van der Waals surface area contributed by atoms with Gasteiger partial charge < -0.3 is 10.6 Å². The molecular formula is C15H24ClN3O2. The molecule has 0 aromatic heterocycles. The Bertz CT molecular complexity index is 476. The third-order valence-corrected chi connectivity index (χ3v) is 4.26. The average molecular weight is 314 g/mol. The normalized spacial score (nSPS) is 21.6. The Morgan fingerprint density at radius 1 is 1.38 bits per heavy atom. The van der Waals surface area contributed by atoms with Crippen molar-refractivity contribution >= 4 is 18.1 Å². The summed E-state index contributed by atoms with van der Waals surface area (Å²) in [5.74, 6) is 0. The first kappa shape index (κ1) is 17.9. The molecule has 1 aromatic carbocycles. The van der Waals surface area contributed by atoms with Crippen LogP contribution in [0.1, 0.15) is 25.8 Å². The van der Waals surface area contributed by atoms with Crippen molar-refractivity contribution < 1.29 is 4.92 Å². The third-order valence-electron chi connectivity index (χ3n) is 4.26. The molecule has 2 N–H and O–H groups in total. The van der Waals surface area contributed by atoms with Crippen LogP contribution in [0.2, 0.25) is 0 Å². The minimum atomic E-state index is -0.363. The van der Waals surface area contributed by atoms with Crippen LogP contribution >= 0.6 is 12.4 Å². The van der Waals surface area contributed by atoms with Crippen molar-refractivity contribution in [3.8, 4) is 0 Å². The molecule has 1 saturated heterocycles. The highest BCUT2D eigenvalue weighted by Crippen LogP contribution is 2.27. The van der Waals surface area contributed by atoms with E-state index in [1.165, 1.54) is 0 Å². The number of nitro benzene ring substituents is 1. The number of nitrogens with two attached hydrogens (primary N) is 1. The Morgan fingerprint density at radius 2 is 2.00 bits per heavy atom. The maximum Gasteiger partial charge on any atom is 0.269 e. The molecule has 1 heterocycles. The van der Waals surface area contributed by atoms with Crippen LogP contribution in [0.15, 0.2) is 24.3 Å². The summed E-state index contributed by atoms with van der Waals surface area (Å²) in [5.41, 5.74) is 7.59. The zero-order valence-electron chi connectivity index (χ0n) is 12.6. The topological polar surface area (TPSA) is 72.4 Å². The fourth-order valence-electron chi connectivity index (χ4n) is 2.75. The predicted molar refractivity (Wildman–Crippen MR) is 86.9 cm³/mol. The summed E-state index contributed by atoms with van der Waals surface area (Å²) in [7, 11) is 0. The fraction of sp³-hybridized carbons (Fsp3) is 0.600. The van der Waals surface area contributed by atoms with Crippen LogP contribution in [0, 0.1) is 15.5 Å². The van der Waals surface area contributed by atoms with Crippen molar-refractivity contribution in [2.45, 2.75) is 32.7 Å². The highest BCUT2D eigenvalue weighted by Gasteiger charge is 2.32. The molecule has 0 spiro atoms. The van der Waals surface area contributed by atoms with Gasteiger partial charge in [-0.05, 0) is 30.4 Å². The quantitative estimate of drug-likeness (QED) is 0.685. The van der Waals surface area contributed by atoms with Crippen LogP contribution in [0.5, 0.6) is 0 Å². The summed E-state index contributed by atoms with van der Waals surface area (Å²) >= 11 is 0. The van der Waals surface area contributed by atoms with Gasteiger partial charge in [0.1, 0.15) is 0 Å². The van der Waals surface area contributed by atoms with Crippen molar-refractivity contribution in [2.24, 2.45) is 11.1 Å². The molecule has 0 amide bonds. The molecule has 0 saturated carbocycles. The largest absolute Gasteiger partial charge is 0.327 e. The number of nitrogens with zero attached hydrogens (tertiary/aromatic N) is 2. The molecule has 1 unspecified atom stereocenters. The van der Waals surface area contributed by atoms with Gasteiger partial charge in [0, 0.05) is 31.3 Å². The van der Waals surface area contributed by atoms with Gasteiger partial charge in [0.25, 0.3) is 5.69 Å². The number of hydrogen-bond acceptors (Lipinski definition) is 4. The summed E-state index contributed by atoms with van der Waals surface area (Å²) in [4.78, 5) is 12.7. The van der Waals surface area contributed by atoms with E-state index in [0.29, 0.717) is 0 Å². The molecule has 118 valence electrons. The highest BCUT2D eigenvalue weighted by atomic mass is 35.5. The van der Waals surface area contributed by atoms with E-state index >= 15 is 0 Å². The van der Waals surface area contributed by atoms with E-state index in [9.17, 15) is 10.1 Å². The lowest BCUT2D eigenvalue weighted by molar-refractivity contribution is -0.384. The number of rotatable bonds is 4. The molecule has 0 aliphatic carbocycles. The number of likely N-dealkylation sites (tertiary alicyclic amines) is 1. The van der Waals surface area contributed by atoms with Crippen molar-refractivity contribution in [1.29, 1.82) is 0 Å². The maximum absolute atomic E-state index is 10.6. The van der Waals surface area contributed by atoms with Gasteiger partial charge in [-0.3, -0.25) is 10.1 Å². The Hall–Kier alpha value is -1.17. The second-order valence-corrected chi connectivity index (χ2v) is 6.33. The Labute approximate surface area is 132 Å². The minimum Gasteiger partial charge on any atom is -0.327 e. The molecule has 1 fully saturated rings. The van der Waals surface area contributed by atoms with Gasteiger partial charge in [0.05, 0.1) is 4.92 Å². The average Bonchev–Trinajstić information content (AvgIpc) is 2.40.